The van der Waals surface area contributed by atoms with Gasteiger partial charge in [-0.3, -0.25) is 14.2 Å². The highest BCUT2D eigenvalue weighted by atomic mass is 16.2. The smallest absolute Gasteiger partial charge is 0.309 e. The number of nitrogens with one attached hydrogen (secondary N) is 1. The van der Waals surface area contributed by atoms with Crippen LogP contribution in [0.3, 0.4) is 0 Å². The fourth-order valence-corrected chi connectivity index (χ4v) is 3.80. The van der Waals surface area contributed by atoms with Crippen molar-refractivity contribution in [3.05, 3.63) is 74.9 Å². The summed E-state index contributed by atoms with van der Waals surface area (Å²) in [5.41, 5.74) is 1.74. The number of hydrogen-bond donors (Lipinski definition) is 1. The summed E-state index contributed by atoms with van der Waals surface area (Å²) >= 11 is 0. The second kappa shape index (κ2) is 6.87. The van der Waals surface area contributed by atoms with Crippen LogP contribution in [-0.4, -0.2) is 21.5 Å². The largest absolute Gasteiger partial charge is 0.328 e. The Labute approximate surface area is 156 Å². The predicted molar refractivity (Wildman–Crippen MR) is 105 cm³/mol. The third kappa shape index (κ3) is 3.07. The van der Waals surface area contributed by atoms with Crippen molar-refractivity contribution in [2.75, 3.05) is 4.90 Å². The van der Waals surface area contributed by atoms with Crippen molar-refractivity contribution in [1.29, 1.82) is 0 Å². The zero-order valence-electron chi connectivity index (χ0n) is 15.1. The van der Waals surface area contributed by atoms with Gasteiger partial charge in [0.15, 0.2) is 0 Å². The van der Waals surface area contributed by atoms with Crippen molar-refractivity contribution in [2.45, 2.75) is 38.8 Å². The van der Waals surface area contributed by atoms with E-state index in [0.717, 1.165) is 28.7 Å². The van der Waals surface area contributed by atoms with Gasteiger partial charge in [0.2, 0.25) is 5.91 Å². The molecule has 1 amide bonds. The van der Waals surface area contributed by atoms with Crippen molar-refractivity contribution in [2.24, 2.45) is 0 Å². The summed E-state index contributed by atoms with van der Waals surface area (Å²) in [7, 11) is 0. The fourth-order valence-electron chi connectivity index (χ4n) is 3.80. The molecule has 1 unspecified atom stereocenters. The Bertz CT molecular complexity index is 1130. The van der Waals surface area contributed by atoms with Crippen LogP contribution in [0.1, 0.15) is 25.3 Å². The summed E-state index contributed by atoms with van der Waals surface area (Å²) < 4.78 is 1.11. The number of fused-ring (bicyclic) bond motifs is 2. The molecule has 1 aliphatic heterocycles. The molecule has 0 saturated carbocycles. The number of amides is 1. The molecule has 0 spiro atoms. The van der Waals surface area contributed by atoms with Gasteiger partial charge >= 0.3 is 5.69 Å². The van der Waals surface area contributed by atoms with Gasteiger partial charge < -0.3 is 9.88 Å². The lowest BCUT2D eigenvalue weighted by atomic mass is 9.96. The number of aromatic nitrogens is 2. The van der Waals surface area contributed by atoms with Crippen LogP contribution in [0, 0.1) is 0 Å². The first-order chi connectivity index (χ1) is 13.1. The van der Waals surface area contributed by atoms with E-state index in [1.807, 2.05) is 31.2 Å². The number of nitrogens with zero attached hydrogens (tertiary/aromatic N) is 2. The molecular formula is C21H21N3O3. The summed E-state index contributed by atoms with van der Waals surface area (Å²) in [6.45, 7) is 2.09. The van der Waals surface area contributed by atoms with E-state index < -0.39 is 5.69 Å². The van der Waals surface area contributed by atoms with Crippen LogP contribution in [-0.2, 0) is 17.8 Å². The Hall–Kier alpha value is -3.15. The molecule has 1 atom stereocenters. The molecule has 0 saturated heterocycles. The average molecular weight is 363 g/mol. The van der Waals surface area contributed by atoms with Gasteiger partial charge in [0.05, 0.1) is 10.9 Å². The number of hydrogen-bond acceptors (Lipinski definition) is 3. The van der Waals surface area contributed by atoms with Gasteiger partial charge in [-0.2, -0.15) is 0 Å². The summed E-state index contributed by atoms with van der Waals surface area (Å²) in [6, 6.07) is 14.9. The first-order valence-electron chi connectivity index (χ1n) is 9.18. The summed E-state index contributed by atoms with van der Waals surface area (Å²) in [5, 5.41) is 0.446. The molecule has 2 aromatic carbocycles. The minimum atomic E-state index is -0.487. The number of para-hydroxylation sites is 2. The standard InChI is InChI=1S/C21H21N3O3/c1-14-10-11-15-6-2-5-9-18(15)24(14)19(25)12-13-23-20(26)16-7-3-4-8-17(16)22-21(23)27/h2-9,14H,10-13H2,1H3,(H,22,27). The van der Waals surface area contributed by atoms with Crippen LogP contribution in [0.15, 0.2) is 58.1 Å². The summed E-state index contributed by atoms with van der Waals surface area (Å²) in [4.78, 5) is 42.3. The molecule has 0 bridgehead atoms. The molecule has 0 radical (unpaired) electrons. The molecule has 2 heterocycles. The highest BCUT2D eigenvalue weighted by Gasteiger charge is 2.27. The van der Waals surface area contributed by atoms with Crippen LogP contribution < -0.4 is 16.1 Å². The van der Waals surface area contributed by atoms with Gasteiger partial charge in [-0.05, 0) is 43.5 Å². The minimum Gasteiger partial charge on any atom is -0.309 e. The topological polar surface area (TPSA) is 75.2 Å². The molecule has 6 heteroatoms. The van der Waals surface area contributed by atoms with Gasteiger partial charge in [0.1, 0.15) is 0 Å². The van der Waals surface area contributed by atoms with E-state index in [2.05, 4.69) is 4.98 Å². The Kier molecular flexibility index (Phi) is 4.39. The SMILES string of the molecule is CC1CCc2ccccc2N1C(=O)CCn1c(=O)[nH]c2ccccc2c1=O. The first-order valence-corrected chi connectivity index (χ1v) is 9.18. The number of anilines is 1. The monoisotopic (exact) mass is 363 g/mol. The number of carbonyl (C=O) groups excluding carboxylic acids is 1. The Balaban J connectivity index is 1.61. The lowest BCUT2D eigenvalue weighted by Gasteiger charge is -2.35. The van der Waals surface area contributed by atoms with Crippen LogP contribution >= 0.6 is 0 Å². The summed E-state index contributed by atoms with van der Waals surface area (Å²) in [5.74, 6) is -0.0749. The van der Waals surface area contributed by atoms with Gasteiger partial charge in [-0.25, -0.2) is 4.79 Å². The lowest BCUT2D eigenvalue weighted by Crippen LogP contribution is -2.43. The minimum absolute atomic E-state index is 0.0588. The zero-order valence-corrected chi connectivity index (χ0v) is 15.1. The molecule has 0 fully saturated rings. The zero-order chi connectivity index (χ0) is 19.0. The normalized spacial score (nSPS) is 16.3. The van der Waals surface area contributed by atoms with Gasteiger partial charge in [-0.1, -0.05) is 30.3 Å². The maximum Gasteiger partial charge on any atom is 0.328 e. The molecule has 1 N–H and O–H groups in total. The molecule has 4 rings (SSSR count). The fraction of sp³-hybridized carbons (Fsp3) is 0.286. The predicted octanol–water partition coefficient (Wildman–Crippen LogP) is 2.45. The molecule has 138 valence electrons. The van der Waals surface area contributed by atoms with E-state index in [1.165, 1.54) is 0 Å². The highest BCUT2D eigenvalue weighted by Crippen LogP contribution is 2.30. The molecular weight excluding hydrogens is 342 g/mol. The third-order valence-electron chi connectivity index (χ3n) is 5.23. The average Bonchev–Trinajstić information content (AvgIpc) is 2.67. The van der Waals surface area contributed by atoms with E-state index in [0.29, 0.717) is 10.9 Å². The number of carbonyl (C=O) groups is 1. The Morgan fingerprint density at radius 1 is 1.11 bits per heavy atom. The summed E-state index contributed by atoms with van der Waals surface area (Å²) in [6.07, 6.45) is 1.95. The highest BCUT2D eigenvalue weighted by molar-refractivity contribution is 5.95. The van der Waals surface area contributed by atoms with Gasteiger partial charge in [-0.15, -0.1) is 0 Å². The quantitative estimate of drug-likeness (QED) is 0.777. The molecule has 3 aromatic rings. The van der Waals surface area contributed by atoms with Crippen LogP contribution in [0.4, 0.5) is 5.69 Å². The Morgan fingerprint density at radius 3 is 2.70 bits per heavy atom. The number of aryl methyl sites for hydroxylation is 1. The van der Waals surface area contributed by atoms with Crippen LogP contribution in [0.5, 0.6) is 0 Å². The third-order valence-corrected chi connectivity index (χ3v) is 5.23. The molecule has 6 nitrogen and oxygen atoms in total. The van der Waals surface area contributed by atoms with E-state index in [1.54, 1.807) is 29.2 Å². The van der Waals surface area contributed by atoms with Gasteiger partial charge in [0, 0.05) is 24.7 Å². The molecule has 1 aliphatic rings. The number of H-pyrrole nitrogens is 1. The van der Waals surface area contributed by atoms with E-state index in [-0.39, 0.29) is 30.5 Å². The lowest BCUT2D eigenvalue weighted by molar-refractivity contribution is -0.119. The van der Waals surface area contributed by atoms with E-state index in [4.69, 9.17) is 0 Å². The van der Waals surface area contributed by atoms with Crippen LogP contribution in [0.25, 0.3) is 10.9 Å². The molecule has 1 aromatic heterocycles. The second-order valence-corrected chi connectivity index (χ2v) is 6.96. The second-order valence-electron chi connectivity index (χ2n) is 6.96. The molecule has 27 heavy (non-hydrogen) atoms. The van der Waals surface area contributed by atoms with Crippen molar-refractivity contribution in [3.8, 4) is 0 Å². The Morgan fingerprint density at radius 2 is 1.85 bits per heavy atom. The number of rotatable bonds is 3. The van der Waals surface area contributed by atoms with Crippen molar-refractivity contribution >= 4 is 22.5 Å². The van der Waals surface area contributed by atoms with Gasteiger partial charge in [0.25, 0.3) is 5.56 Å². The number of aromatic amines is 1. The van der Waals surface area contributed by atoms with Crippen molar-refractivity contribution < 1.29 is 4.79 Å². The van der Waals surface area contributed by atoms with Crippen LogP contribution in [0.2, 0.25) is 0 Å². The maximum atomic E-state index is 12.9. The maximum absolute atomic E-state index is 12.9. The number of benzene rings is 2. The van der Waals surface area contributed by atoms with Crippen molar-refractivity contribution in [1.82, 2.24) is 9.55 Å². The first kappa shape index (κ1) is 17.3. The van der Waals surface area contributed by atoms with E-state index >= 15 is 0 Å². The van der Waals surface area contributed by atoms with Crippen molar-refractivity contribution in [3.63, 3.8) is 0 Å². The molecule has 0 aliphatic carbocycles. The van der Waals surface area contributed by atoms with E-state index in [9.17, 15) is 14.4 Å².